The number of halogens is 1. The second-order valence-electron chi connectivity index (χ2n) is 5.78. The fraction of sp³-hybridized carbons (Fsp3) is 0.412. The third-order valence-corrected chi connectivity index (χ3v) is 4.12. The second-order valence-corrected chi connectivity index (χ2v) is 5.78. The van der Waals surface area contributed by atoms with E-state index in [2.05, 4.69) is 25.3 Å². The van der Waals surface area contributed by atoms with Gasteiger partial charge in [-0.05, 0) is 17.7 Å². The van der Waals surface area contributed by atoms with E-state index in [1.54, 1.807) is 25.4 Å². The zero-order valence-electron chi connectivity index (χ0n) is 13.8. The number of rotatable bonds is 4. The molecule has 0 spiro atoms. The molecule has 24 heavy (non-hydrogen) atoms. The lowest BCUT2D eigenvalue weighted by molar-refractivity contribution is 0.169. The van der Waals surface area contributed by atoms with E-state index in [-0.39, 0.29) is 5.82 Å². The van der Waals surface area contributed by atoms with Gasteiger partial charge >= 0.3 is 0 Å². The molecule has 1 aromatic heterocycles. The first-order valence-corrected chi connectivity index (χ1v) is 8.06. The Morgan fingerprint density at radius 1 is 1.21 bits per heavy atom. The van der Waals surface area contributed by atoms with Crippen LogP contribution in [0.2, 0.25) is 0 Å². The lowest BCUT2D eigenvalue weighted by atomic mass is 10.2. The molecule has 2 aromatic rings. The predicted molar refractivity (Wildman–Crippen MR) is 90.0 cm³/mol. The van der Waals surface area contributed by atoms with Crippen molar-refractivity contribution < 1.29 is 8.91 Å². The molecule has 1 aliphatic heterocycles. The van der Waals surface area contributed by atoms with Crippen LogP contribution < -0.4 is 5.32 Å². The van der Waals surface area contributed by atoms with Gasteiger partial charge in [0.15, 0.2) is 5.96 Å². The van der Waals surface area contributed by atoms with Gasteiger partial charge in [0.2, 0.25) is 0 Å². The van der Waals surface area contributed by atoms with Crippen LogP contribution in [0.3, 0.4) is 0 Å². The number of nitrogens with zero attached hydrogens (tertiary/aromatic N) is 4. The topological polar surface area (TPSA) is 56.9 Å². The lowest BCUT2D eigenvalue weighted by Gasteiger charge is -2.36. The maximum atomic E-state index is 12.9. The summed E-state index contributed by atoms with van der Waals surface area (Å²) in [5, 5.41) is 7.30. The maximum absolute atomic E-state index is 12.9. The quantitative estimate of drug-likeness (QED) is 0.683. The molecule has 0 amide bonds. The first-order chi connectivity index (χ1) is 11.7. The molecule has 128 valence electrons. The van der Waals surface area contributed by atoms with Crippen LogP contribution in [0, 0.1) is 5.82 Å². The number of nitrogens with one attached hydrogen (secondary N) is 1. The van der Waals surface area contributed by atoms with Gasteiger partial charge in [-0.15, -0.1) is 0 Å². The minimum absolute atomic E-state index is 0.216. The highest BCUT2D eigenvalue weighted by Crippen LogP contribution is 2.08. The lowest BCUT2D eigenvalue weighted by Crippen LogP contribution is -2.52. The van der Waals surface area contributed by atoms with Gasteiger partial charge in [0.25, 0.3) is 0 Å². The van der Waals surface area contributed by atoms with Crippen molar-refractivity contribution in [1.82, 2.24) is 20.3 Å². The van der Waals surface area contributed by atoms with Gasteiger partial charge in [0.05, 0.1) is 5.69 Å². The standard InChI is InChI=1S/C17H22FN5O/c1-19-17(20-12-14-2-4-15(18)5-3-14)23-9-7-22(8-10-23)13-16-6-11-24-21-16/h2-6,11H,7-10,12-13H2,1H3,(H,19,20). The molecule has 0 aliphatic carbocycles. The van der Waals surface area contributed by atoms with Crippen molar-refractivity contribution in [3.63, 3.8) is 0 Å². The van der Waals surface area contributed by atoms with Gasteiger partial charge < -0.3 is 14.7 Å². The van der Waals surface area contributed by atoms with E-state index in [4.69, 9.17) is 4.52 Å². The normalized spacial score (nSPS) is 16.4. The molecule has 1 N–H and O–H groups in total. The zero-order valence-corrected chi connectivity index (χ0v) is 13.8. The summed E-state index contributed by atoms with van der Waals surface area (Å²) < 4.78 is 17.8. The first kappa shape index (κ1) is 16.4. The van der Waals surface area contributed by atoms with E-state index < -0.39 is 0 Å². The summed E-state index contributed by atoms with van der Waals surface area (Å²) in [4.78, 5) is 8.94. The summed E-state index contributed by atoms with van der Waals surface area (Å²) in [6.07, 6.45) is 1.60. The van der Waals surface area contributed by atoms with Gasteiger partial charge in [-0.25, -0.2) is 4.39 Å². The monoisotopic (exact) mass is 331 g/mol. The smallest absolute Gasteiger partial charge is 0.194 e. The Kier molecular flexibility index (Phi) is 5.43. The molecule has 1 saturated heterocycles. The van der Waals surface area contributed by atoms with Crippen LogP contribution in [0.1, 0.15) is 11.3 Å². The van der Waals surface area contributed by atoms with Crippen molar-refractivity contribution in [2.45, 2.75) is 13.1 Å². The fourth-order valence-corrected chi connectivity index (χ4v) is 2.78. The van der Waals surface area contributed by atoms with Crippen LogP contribution in [-0.4, -0.2) is 54.1 Å². The van der Waals surface area contributed by atoms with Crippen molar-refractivity contribution in [2.75, 3.05) is 33.2 Å². The van der Waals surface area contributed by atoms with Crippen LogP contribution >= 0.6 is 0 Å². The molecule has 0 bridgehead atoms. The molecule has 0 atom stereocenters. The highest BCUT2D eigenvalue weighted by molar-refractivity contribution is 5.80. The van der Waals surface area contributed by atoms with Crippen molar-refractivity contribution >= 4 is 5.96 Å². The molecular formula is C17H22FN5O. The van der Waals surface area contributed by atoms with Gasteiger partial charge in [0, 0.05) is 52.4 Å². The minimum atomic E-state index is -0.216. The third-order valence-electron chi connectivity index (χ3n) is 4.12. The predicted octanol–water partition coefficient (Wildman–Crippen LogP) is 1.71. The summed E-state index contributed by atoms with van der Waals surface area (Å²) in [5.74, 6) is 0.659. The summed E-state index contributed by atoms with van der Waals surface area (Å²) in [6, 6.07) is 8.41. The van der Waals surface area contributed by atoms with Gasteiger partial charge in [-0.3, -0.25) is 9.89 Å². The van der Waals surface area contributed by atoms with E-state index in [0.29, 0.717) is 6.54 Å². The number of piperazine rings is 1. The fourth-order valence-electron chi connectivity index (χ4n) is 2.78. The average molecular weight is 331 g/mol. The van der Waals surface area contributed by atoms with Gasteiger partial charge in [-0.2, -0.15) is 0 Å². The Morgan fingerprint density at radius 3 is 2.58 bits per heavy atom. The summed E-state index contributed by atoms with van der Waals surface area (Å²) in [7, 11) is 1.79. The van der Waals surface area contributed by atoms with Gasteiger partial charge in [0.1, 0.15) is 12.1 Å². The van der Waals surface area contributed by atoms with E-state index in [9.17, 15) is 4.39 Å². The number of hydrogen-bond acceptors (Lipinski definition) is 4. The largest absolute Gasteiger partial charge is 0.364 e. The highest BCUT2D eigenvalue weighted by atomic mass is 19.1. The van der Waals surface area contributed by atoms with Crippen molar-refractivity contribution in [3.8, 4) is 0 Å². The van der Waals surface area contributed by atoms with Crippen molar-refractivity contribution in [1.29, 1.82) is 0 Å². The van der Waals surface area contributed by atoms with Crippen LogP contribution in [0.25, 0.3) is 0 Å². The number of aliphatic imine (C=N–C) groups is 1. The van der Waals surface area contributed by atoms with E-state index in [1.165, 1.54) is 12.1 Å². The van der Waals surface area contributed by atoms with Gasteiger partial charge in [-0.1, -0.05) is 17.3 Å². The molecule has 2 heterocycles. The SMILES string of the molecule is CN=C(NCc1ccc(F)cc1)N1CCN(Cc2ccon2)CC1. The molecule has 1 aromatic carbocycles. The number of hydrogen-bond donors (Lipinski definition) is 1. The number of benzene rings is 1. The maximum Gasteiger partial charge on any atom is 0.194 e. The molecule has 3 rings (SSSR count). The molecule has 0 unspecified atom stereocenters. The third kappa shape index (κ3) is 4.32. The van der Waals surface area contributed by atoms with E-state index in [0.717, 1.165) is 49.9 Å². The minimum Gasteiger partial charge on any atom is -0.364 e. The van der Waals surface area contributed by atoms with Crippen LogP contribution in [0.5, 0.6) is 0 Å². The summed E-state index contributed by atoms with van der Waals surface area (Å²) >= 11 is 0. The molecule has 6 nitrogen and oxygen atoms in total. The Bertz CT molecular complexity index is 648. The van der Waals surface area contributed by atoms with Crippen LogP contribution in [0.4, 0.5) is 4.39 Å². The van der Waals surface area contributed by atoms with Crippen molar-refractivity contribution in [3.05, 3.63) is 53.7 Å². The molecule has 1 aliphatic rings. The van der Waals surface area contributed by atoms with Crippen LogP contribution in [0.15, 0.2) is 46.1 Å². The Labute approximate surface area is 140 Å². The van der Waals surface area contributed by atoms with Crippen LogP contribution in [-0.2, 0) is 13.1 Å². The number of aromatic nitrogens is 1. The van der Waals surface area contributed by atoms with Crippen molar-refractivity contribution in [2.24, 2.45) is 4.99 Å². The molecular weight excluding hydrogens is 309 g/mol. The molecule has 1 fully saturated rings. The summed E-state index contributed by atoms with van der Waals surface area (Å²) in [5.41, 5.74) is 1.99. The Balaban J connectivity index is 1.47. The molecule has 0 saturated carbocycles. The van der Waals surface area contributed by atoms with E-state index in [1.807, 2.05) is 6.07 Å². The number of guanidine groups is 1. The average Bonchev–Trinajstić information content (AvgIpc) is 3.11. The molecule has 0 radical (unpaired) electrons. The molecule has 7 heteroatoms. The van der Waals surface area contributed by atoms with E-state index >= 15 is 0 Å². The first-order valence-electron chi connectivity index (χ1n) is 8.06. The second kappa shape index (κ2) is 7.92. The highest BCUT2D eigenvalue weighted by Gasteiger charge is 2.20. The Hall–Kier alpha value is -2.41. The zero-order chi connectivity index (χ0) is 16.8. The summed E-state index contributed by atoms with van der Waals surface area (Å²) in [6.45, 7) is 5.15. The Morgan fingerprint density at radius 2 is 1.96 bits per heavy atom.